The molecule has 1 unspecified atom stereocenters. The van der Waals surface area contributed by atoms with Gasteiger partial charge in [-0.1, -0.05) is 37.3 Å². The van der Waals surface area contributed by atoms with Crippen LogP contribution in [-0.4, -0.2) is 12.2 Å². The topological polar surface area (TPSA) is 41.5 Å². The van der Waals surface area contributed by atoms with Crippen molar-refractivity contribution in [3.05, 3.63) is 59.7 Å². The highest BCUT2D eigenvalue weighted by Crippen LogP contribution is 2.31. The fourth-order valence-corrected chi connectivity index (χ4v) is 2.28. The average molecular weight is 271 g/mol. The van der Waals surface area contributed by atoms with Gasteiger partial charge in [0.25, 0.3) is 0 Å². The van der Waals surface area contributed by atoms with E-state index < -0.39 is 0 Å². The molecule has 0 saturated carbocycles. The van der Waals surface area contributed by atoms with E-state index in [0.29, 0.717) is 0 Å². The van der Waals surface area contributed by atoms with E-state index in [2.05, 4.69) is 18.3 Å². The predicted octanol–water partition coefficient (Wildman–Crippen LogP) is 3.64. The summed E-state index contributed by atoms with van der Waals surface area (Å²) >= 11 is 0. The van der Waals surface area contributed by atoms with E-state index in [1.165, 1.54) is 0 Å². The maximum absolute atomic E-state index is 9.18. The first-order valence-corrected chi connectivity index (χ1v) is 6.92. The van der Waals surface area contributed by atoms with Gasteiger partial charge in [0.15, 0.2) is 0 Å². The first-order chi connectivity index (χ1) is 9.78. The number of rotatable bonds is 6. The Hall–Kier alpha value is -1.84. The van der Waals surface area contributed by atoms with Crippen molar-refractivity contribution in [3.8, 4) is 11.5 Å². The van der Waals surface area contributed by atoms with Crippen molar-refractivity contribution in [2.45, 2.75) is 26.0 Å². The fourth-order valence-electron chi connectivity index (χ4n) is 2.28. The summed E-state index contributed by atoms with van der Waals surface area (Å²) in [6.07, 6.45) is 0.994. The van der Waals surface area contributed by atoms with Crippen LogP contribution in [-0.2, 0) is 6.61 Å². The minimum atomic E-state index is 0.0208. The maximum atomic E-state index is 9.18. The predicted molar refractivity (Wildman–Crippen MR) is 81.0 cm³/mol. The molecule has 0 radical (unpaired) electrons. The number of benzene rings is 2. The molecule has 106 valence electrons. The second kappa shape index (κ2) is 7.08. The van der Waals surface area contributed by atoms with Crippen LogP contribution in [0.15, 0.2) is 48.5 Å². The number of nitrogens with one attached hydrogen (secondary N) is 1. The molecule has 2 aromatic rings. The monoisotopic (exact) mass is 271 g/mol. The lowest BCUT2D eigenvalue weighted by molar-refractivity contribution is 0.281. The van der Waals surface area contributed by atoms with E-state index in [9.17, 15) is 5.11 Å². The van der Waals surface area contributed by atoms with Gasteiger partial charge in [-0.25, -0.2) is 0 Å². The van der Waals surface area contributed by atoms with Crippen molar-refractivity contribution in [2.75, 3.05) is 7.05 Å². The van der Waals surface area contributed by atoms with E-state index in [1.807, 2.05) is 49.5 Å². The fraction of sp³-hybridized carbons (Fsp3) is 0.294. The number of aliphatic hydroxyl groups excluding tert-OH is 1. The van der Waals surface area contributed by atoms with Crippen LogP contribution in [0, 0.1) is 0 Å². The van der Waals surface area contributed by atoms with Gasteiger partial charge < -0.3 is 15.2 Å². The van der Waals surface area contributed by atoms with Gasteiger partial charge in [-0.15, -0.1) is 0 Å². The van der Waals surface area contributed by atoms with E-state index >= 15 is 0 Å². The van der Waals surface area contributed by atoms with Crippen molar-refractivity contribution >= 4 is 0 Å². The van der Waals surface area contributed by atoms with E-state index in [1.54, 1.807) is 0 Å². The molecule has 0 spiro atoms. The van der Waals surface area contributed by atoms with Crippen LogP contribution in [0.2, 0.25) is 0 Å². The maximum Gasteiger partial charge on any atom is 0.132 e. The van der Waals surface area contributed by atoms with Gasteiger partial charge in [0.05, 0.1) is 6.61 Å². The van der Waals surface area contributed by atoms with Crippen LogP contribution < -0.4 is 10.1 Å². The van der Waals surface area contributed by atoms with Gasteiger partial charge >= 0.3 is 0 Å². The third-order valence-corrected chi connectivity index (χ3v) is 3.36. The molecule has 0 aliphatic rings. The Kier molecular flexibility index (Phi) is 5.16. The highest BCUT2D eigenvalue weighted by atomic mass is 16.5. The van der Waals surface area contributed by atoms with Crippen LogP contribution in [0.3, 0.4) is 0 Å². The zero-order valence-corrected chi connectivity index (χ0v) is 12.0. The normalized spacial score (nSPS) is 12.2. The zero-order chi connectivity index (χ0) is 14.4. The second-order valence-corrected chi connectivity index (χ2v) is 4.69. The Bertz CT molecular complexity index is 550. The lowest BCUT2D eigenvalue weighted by Crippen LogP contribution is -2.15. The molecule has 0 aliphatic carbocycles. The van der Waals surface area contributed by atoms with Crippen molar-refractivity contribution in [2.24, 2.45) is 0 Å². The molecule has 0 bridgehead atoms. The Balaban J connectivity index is 2.28. The molecule has 20 heavy (non-hydrogen) atoms. The zero-order valence-electron chi connectivity index (χ0n) is 12.0. The standard InChI is InChI=1S/C17H21NO2/c1-3-16(18-2)15-9-4-5-10-17(15)20-14-8-6-7-13(11-14)12-19/h4-11,16,18-19H,3,12H2,1-2H3. The summed E-state index contributed by atoms with van der Waals surface area (Å²) in [5.41, 5.74) is 1.99. The van der Waals surface area contributed by atoms with Gasteiger partial charge in [-0.2, -0.15) is 0 Å². The van der Waals surface area contributed by atoms with Crippen LogP contribution in [0.25, 0.3) is 0 Å². The number of ether oxygens (including phenoxy) is 1. The minimum Gasteiger partial charge on any atom is -0.457 e. The van der Waals surface area contributed by atoms with Crippen LogP contribution >= 0.6 is 0 Å². The first-order valence-electron chi connectivity index (χ1n) is 6.92. The van der Waals surface area contributed by atoms with E-state index in [4.69, 9.17) is 4.74 Å². The summed E-state index contributed by atoms with van der Waals surface area (Å²) in [5, 5.41) is 12.5. The van der Waals surface area contributed by atoms with Gasteiger partial charge in [0.1, 0.15) is 11.5 Å². The molecular formula is C17H21NO2. The van der Waals surface area contributed by atoms with Gasteiger partial charge in [0.2, 0.25) is 0 Å². The third-order valence-electron chi connectivity index (χ3n) is 3.36. The molecule has 2 aromatic carbocycles. The Morgan fingerprint density at radius 2 is 1.95 bits per heavy atom. The Morgan fingerprint density at radius 3 is 2.65 bits per heavy atom. The molecular weight excluding hydrogens is 250 g/mol. The molecule has 0 aromatic heterocycles. The largest absolute Gasteiger partial charge is 0.457 e. The molecule has 0 heterocycles. The molecule has 0 saturated heterocycles. The number of para-hydroxylation sites is 1. The van der Waals surface area contributed by atoms with E-state index in [0.717, 1.165) is 29.0 Å². The molecule has 3 nitrogen and oxygen atoms in total. The first kappa shape index (κ1) is 14.6. The van der Waals surface area contributed by atoms with Gasteiger partial charge in [0, 0.05) is 11.6 Å². The molecule has 2 N–H and O–H groups in total. The molecule has 1 atom stereocenters. The molecule has 3 heteroatoms. The van der Waals surface area contributed by atoms with Gasteiger partial charge in [-0.3, -0.25) is 0 Å². The minimum absolute atomic E-state index is 0.0208. The Morgan fingerprint density at radius 1 is 1.15 bits per heavy atom. The smallest absolute Gasteiger partial charge is 0.132 e. The quantitative estimate of drug-likeness (QED) is 0.842. The summed E-state index contributed by atoms with van der Waals surface area (Å²) < 4.78 is 5.99. The van der Waals surface area contributed by atoms with Crippen molar-refractivity contribution in [3.63, 3.8) is 0 Å². The number of hydrogen-bond donors (Lipinski definition) is 2. The molecule has 0 amide bonds. The SMILES string of the molecule is CCC(NC)c1ccccc1Oc1cccc(CO)c1. The molecule has 0 fully saturated rings. The summed E-state index contributed by atoms with van der Waals surface area (Å²) in [6.45, 7) is 2.16. The summed E-state index contributed by atoms with van der Waals surface area (Å²) in [5.74, 6) is 1.60. The van der Waals surface area contributed by atoms with E-state index in [-0.39, 0.29) is 12.6 Å². The highest BCUT2D eigenvalue weighted by Gasteiger charge is 2.12. The molecule has 0 aliphatic heterocycles. The third kappa shape index (κ3) is 3.38. The second-order valence-electron chi connectivity index (χ2n) is 4.69. The van der Waals surface area contributed by atoms with Gasteiger partial charge in [-0.05, 0) is 37.2 Å². The average Bonchev–Trinajstić information content (AvgIpc) is 2.50. The summed E-state index contributed by atoms with van der Waals surface area (Å²) in [6, 6.07) is 15.8. The Labute approximate surface area is 120 Å². The lowest BCUT2D eigenvalue weighted by atomic mass is 10.0. The highest BCUT2D eigenvalue weighted by molar-refractivity contribution is 5.40. The van der Waals surface area contributed by atoms with Crippen molar-refractivity contribution in [1.82, 2.24) is 5.32 Å². The number of hydrogen-bond acceptors (Lipinski definition) is 3. The van der Waals surface area contributed by atoms with Crippen molar-refractivity contribution < 1.29 is 9.84 Å². The van der Waals surface area contributed by atoms with Crippen molar-refractivity contribution in [1.29, 1.82) is 0 Å². The summed E-state index contributed by atoms with van der Waals surface area (Å²) in [7, 11) is 1.96. The van der Waals surface area contributed by atoms with Crippen LogP contribution in [0.4, 0.5) is 0 Å². The number of aliphatic hydroxyl groups is 1. The lowest BCUT2D eigenvalue weighted by Gasteiger charge is -2.18. The van der Waals surface area contributed by atoms with Crippen LogP contribution in [0.5, 0.6) is 11.5 Å². The molecule has 2 rings (SSSR count). The van der Waals surface area contributed by atoms with Crippen LogP contribution in [0.1, 0.15) is 30.5 Å². The summed E-state index contributed by atoms with van der Waals surface area (Å²) in [4.78, 5) is 0.